The molecule has 1 aromatic rings. The Balaban J connectivity index is 1.98. The molecule has 104 valence electrons. The SMILES string of the molecule is CCC(NC(=O)C1CCOCC1)c1ccc(Cl)cc1. The van der Waals surface area contributed by atoms with E-state index in [0.717, 1.165) is 24.8 Å². The zero-order valence-electron chi connectivity index (χ0n) is 11.2. The van der Waals surface area contributed by atoms with Crippen LogP contribution in [0.4, 0.5) is 0 Å². The molecule has 1 fully saturated rings. The van der Waals surface area contributed by atoms with Gasteiger partial charge in [0.1, 0.15) is 0 Å². The summed E-state index contributed by atoms with van der Waals surface area (Å²) in [6.45, 7) is 3.45. The lowest BCUT2D eigenvalue weighted by Crippen LogP contribution is -2.36. The molecule has 1 unspecified atom stereocenters. The fourth-order valence-electron chi connectivity index (χ4n) is 2.37. The lowest BCUT2D eigenvalue weighted by molar-refractivity contribution is -0.128. The second kappa shape index (κ2) is 6.92. The summed E-state index contributed by atoms with van der Waals surface area (Å²) < 4.78 is 5.28. The molecule has 1 aliphatic rings. The second-order valence-corrected chi connectivity index (χ2v) is 5.34. The van der Waals surface area contributed by atoms with Crippen molar-refractivity contribution in [3.63, 3.8) is 0 Å². The van der Waals surface area contributed by atoms with E-state index >= 15 is 0 Å². The van der Waals surface area contributed by atoms with Gasteiger partial charge in [0.25, 0.3) is 0 Å². The average Bonchev–Trinajstić information content (AvgIpc) is 2.46. The number of nitrogens with one attached hydrogen (secondary N) is 1. The van der Waals surface area contributed by atoms with Gasteiger partial charge >= 0.3 is 0 Å². The summed E-state index contributed by atoms with van der Waals surface area (Å²) in [6.07, 6.45) is 2.52. The maximum atomic E-state index is 12.2. The Morgan fingerprint density at radius 2 is 2.00 bits per heavy atom. The zero-order valence-corrected chi connectivity index (χ0v) is 12.0. The minimum atomic E-state index is 0.0626. The third-order valence-electron chi connectivity index (χ3n) is 3.59. The molecule has 1 amide bonds. The highest BCUT2D eigenvalue weighted by atomic mass is 35.5. The molecular weight excluding hydrogens is 262 g/mol. The Morgan fingerprint density at radius 1 is 1.37 bits per heavy atom. The van der Waals surface area contributed by atoms with Crippen LogP contribution in [0.25, 0.3) is 0 Å². The van der Waals surface area contributed by atoms with E-state index in [-0.39, 0.29) is 17.9 Å². The van der Waals surface area contributed by atoms with Crippen molar-refractivity contribution >= 4 is 17.5 Å². The van der Waals surface area contributed by atoms with Crippen LogP contribution in [-0.2, 0) is 9.53 Å². The van der Waals surface area contributed by atoms with E-state index in [1.165, 1.54) is 0 Å². The summed E-state index contributed by atoms with van der Waals surface area (Å²) in [5.74, 6) is 0.236. The molecule has 19 heavy (non-hydrogen) atoms. The standard InChI is InChI=1S/C15H20ClNO2/c1-2-14(11-3-5-13(16)6-4-11)17-15(18)12-7-9-19-10-8-12/h3-6,12,14H,2,7-10H2,1H3,(H,17,18). The predicted molar refractivity (Wildman–Crippen MR) is 76.2 cm³/mol. The zero-order chi connectivity index (χ0) is 13.7. The number of carbonyl (C=O) groups is 1. The van der Waals surface area contributed by atoms with Gasteiger partial charge in [0.15, 0.2) is 0 Å². The van der Waals surface area contributed by atoms with Gasteiger partial charge in [-0.15, -0.1) is 0 Å². The molecule has 1 heterocycles. The van der Waals surface area contributed by atoms with Gasteiger partial charge in [-0.3, -0.25) is 4.79 Å². The molecule has 0 radical (unpaired) electrons. The van der Waals surface area contributed by atoms with Crippen molar-refractivity contribution in [1.82, 2.24) is 5.32 Å². The van der Waals surface area contributed by atoms with Crippen LogP contribution in [-0.4, -0.2) is 19.1 Å². The number of benzene rings is 1. The Bertz CT molecular complexity index is 413. The van der Waals surface area contributed by atoms with Crippen LogP contribution in [0.1, 0.15) is 37.8 Å². The van der Waals surface area contributed by atoms with Crippen LogP contribution in [0.2, 0.25) is 5.02 Å². The van der Waals surface area contributed by atoms with E-state index in [1.54, 1.807) is 0 Å². The lowest BCUT2D eigenvalue weighted by atomic mass is 9.97. The highest BCUT2D eigenvalue weighted by Gasteiger charge is 2.23. The molecule has 0 spiro atoms. The number of hydrogen-bond donors (Lipinski definition) is 1. The minimum absolute atomic E-state index is 0.0626. The van der Waals surface area contributed by atoms with Gasteiger partial charge in [0.05, 0.1) is 6.04 Å². The first-order valence-electron chi connectivity index (χ1n) is 6.84. The average molecular weight is 282 g/mol. The number of amides is 1. The van der Waals surface area contributed by atoms with E-state index in [2.05, 4.69) is 12.2 Å². The van der Waals surface area contributed by atoms with Gasteiger partial charge in [-0.25, -0.2) is 0 Å². The Hall–Kier alpha value is -1.06. The van der Waals surface area contributed by atoms with Crippen LogP contribution < -0.4 is 5.32 Å². The molecule has 4 heteroatoms. The third-order valence-corrected chi connectivity index (χ3v) is 3.84. The predicted octanol–water partition coefficient (Wildman–Crippen LogP) is 3.33. The molecule has 0 bridgehead atoms. The van der Waals surface area contributed by atoms with Crippen molar-refractivity contribution in [3.05, 3.63) is 34.9 Å². The van der Waals surface area contributed by atoms with Crippen molar-refractivity contribution in [2.45, 2.75) is 32.2 Å². The van der Waals surface area contributed by atoms with Gasteiger partial charge in [0, 0.05) is 24.2 Å². The monoisotopic (exact) mass is 281 g/mol. The van der Waals surface area contributed by atoms with E-state index in [9.17, 15) is 4.79 Å². The summed E-state index contributed by atoms with van der Waals surface area (Å²) in [5, 5.41) is 3.85. The Morgan fingerprint density at radius 3 is 2.58 bits per heavy atom. The number of hydrogen-bond acceptors (Lipinski definition) is 2. The molecule has 3 nitrogen and oxygen atoms in total. The van der Waals surface area contributed by atoms with E-state index in [4.69, 9.17) is 16.3 Å². The fourth-order valence-corrected chi connectivity index (χ4v) is 2.49. The molecule has 1 N–H and O–H groups in total. The summed E-state index contributed by atoms with van der Waals surface area (Å²) in [5.41, 5.74) is 1.10. The maximum Gasteiger partial charge on any atom is 0.223 e. The molecule has 1 aliphatic heterocycles. The van der Waals surface area contributed by atoms with Crippen LogP contribution in [0.5, 0.6) is 0 Å². The van der Waals surface area contributed by atoms with E-state index in [1.807, 2.05) is 24.3 Å². The Kier molecular flexibility index (Phi) is 5.23. The summed E-state index contributed by atoms with van der Waals surface area (Å²) in [7, 11) is 0. The van der Waals surface area contributed by atoms with Gasteiger partial charge < -0.3 is 10.1 Å². The van der Waals surface area contributed by atoms with Gasteiger partial charge in [-0.2, -0.15) is 0 Å². The Labute approximate surface area is 119 Å². The number of carbonyl (C=O) groups excluding carboxylic acids is 1. The van der Waals surface area contributed by atoms with Gasteiger partial charge in [-0.1, -0.05) is 30.7 Å². The highest BCUT2D eigenvalue weighted by molar-refractivity contribution is 6.30. The normalized spacial score (nSPS) is 18.0. The van der Waals surface area contributed by atoms with Crippen molar-refractivity contribution in [2.24, 2.45) is 5.92 Å². The lowest BCUT2D eigenvalue weighted by Gasteiger charge is -2.24. The van der Waals surface area contributed by atoms with Crippen LogP contribution in [0.15, 0.2) is 24.3 Å². The largest absolute Gasteiger partial charge is 0.381 e. The first-order valence-corrected chi connectivity index (χ1v) is 7.22. The molecule has 0 aliphatic carbocycles. The number of ether oxygens (including phenoxy) is 1. The molecule has 0 saturated carbocycles. The van der Waals surface area contributed by atoms with Crippen molar-refractivity contribution in [2.75, 3.05) is 13.2 Å². The molecular formula is C15H20ClNO2. The van der Waals surface area contributed by atoms with Gasteiger partial charge in [-0.05, 0) is 37.0 Å². The van der Waals surface area contributed by atoms with Crippen LogP contribution in [0.3, 0.4) is 0 Å². The second-order valence-electron chi connectivity index (χ2n) is 4.91. The molecule has 2 rings (SSSR count). The van der Waals surface area contributed by atoms with Crippen molar-refractivity contribution < 1.29 is 9.53 Å². The highest BCUT2D eigenvalue weighted by Crippen LogP contribution is 2.21. The minimum Gasteiger partial charge on any atom is -0.381 e. The summed E-state index contributed by atoms with van der Waals surface area (Å²) in [6, 6.07) is 7.73. The molecule has 1 saturated heterocycles. The van der Waals surface area contributed by atoms with Crippen molar-refractivity contribution in [1.29, 1.82) is 0 Å². The quantitative estimate of drug-likeness (QED) is 0.919. The summed E-state index contributed by atoms with van der Waals surface area (Å²) >= 11 is 5.89. The van der Waals surface area contributed by atoms with E-state index < -0.39 is 0 Å². The molecule has 1 atom stereocenters. The first-order chi connectivity index (χ1) is 9.20. The van der Waals surface area contributed by atoms with Crippen LogP contribution in [0, 0.1) is 5.92 Å². The number of rotatable bonds is 4. The fraction of sp³-hybridized carbons (Fsp3) is 0.533. The van der Waals surface area contributed by atoms with Crippen LogP contribution >= 0.6 is 11.6 Å². The van der Waals surface area contributed by atoms with E-state index in [0.29, 0.717) is 18.2 Å². The molecule has 0 aromatic heterocycles. The summed E-state index contributed by atoms with van der Waals surface area (Å²) in [4.78, 5) is 12.2. The third kappa shape index (κ3) is 3.95. The maximum absolute atomic E-state index is 12.2. The first kappa shape index (κ1) is 14.4. The number of halogens is 1. The molecule has 1 aromatic carbocycles. The smallest absolute Gasteiger partial charge is 0.223 e. The van der Waals surface area contributed by atoms with Crippen molar-refractivity contribution in [3.8, 4) is 0 Å². The topological polar surface area (TPSA) is 38.3 Å². The van der Waals surface area contributed by atoms with Gasteiger partial charge in [0.2, 0.25) is 5.91 Å².